The van der Waals surface area contributed by atoms with Gasteiger partial charge in [-0.25, -0.2) is 9.37 Å². The summed E-state index contributed by atoms with van der Waals surface area (Å²) in [5.74, 6) is 0.297. The van der Waals surface area contributed by atoms with E-state index in [2.05, 4.69) is 9.97 Å². The average Bonchev–Trinajstić information content (AvgIpc) is 2.23. The van der Waals surface area contributed by atoms with Gasteiger partial charge < -0.3 is 4.98 Å². The lowest BCUT2D eigenvalue weighted by atomic mass is 10.2. The summed E-state index contributed by atoms with van der Waals surface area (Å²) >= 11 is 11.0. The number of benzene rings is 1. The van der Waals surface area contributed by atoms with E-state index in [1.807, 2.05) is 6.92 Å². The molecule has 0 atom stereocenters. The SMILES string of the molecule is CCc1nc(=S)c2c(Cl)ccc(F)c2[nH]1. The number of nitrogens with zero attached hydrogens (tertiary/aromatic N) is 1. The number of aromatic nitrogens is 2. The van der Waals surface area contributed by atoms with Crippen molar-refractivity contribution in [2.24, 2.45) is 0 Å². The molecule has 0 aliphatic heterocycles. The number of hydrogen-bond donors (Lipinski definition) is 1. The highest BCUT2D eigenvalue weighted by atomic mass is 35.5. The van der Waals surface area contributed by atoms with Gasteiger partial charge in [0.1, 0.15) is 16.3 Å². The summed E-state index contributed by atoms with van der Waals surface area (Å²) < 4.78 is 13.8. The van der Waals surface area contributed by atoms with Crippen LogP contribution in [0, 0.1) is 10.5 Å². The molecule has 2 aromatic rings. The third-order valence-corrected chi connectivity index (χ3v) is 2.77. The Bertz CT molecular complexity index is 579. The van der Waals surface area contributed by atoms with Gasteiger partial charge in [-0.05, 0) is 12.1 Å². The number of fused-ring (bicyclic) bond motifs is 1. The van der Waals surface area contributed by atoms with E-state index in [9.17, 15) is 4.39 Å². The lowest BCUT2D eigenvalue weighted by molar-refractivity contribution is 0.635. The first-order chi connectivity index (χ1) is 7.13. The molecule has 15 heavy (non-hydrogen) atoms. The normalized spacial score (nSPS) is 10.9. The number of aryl methyl sites for hydroxylation is 1. The van der Waals surface area contributed by atoms with Crippen LogP contribution in [0.2, 0.25) is 5.02 Å². The largest absolute Gasteiger partial charge is 0.341 e. The highest BCUT2D eigenvalue weighted by Crippen LogP contribution is 2.24. The maximum Gasteiger partial charge on any atom is 0.147 e. The quantitative estimate of drug-likeness (QED) is 0.774. The first kappa shape index (κ1) is 10.5. The Balaban J connectivity index is 2.97. The Kier molecular flexibility index (Phi) is 2.71. The highest BCUT2D eigenvalue weighted by molar-refractivity contribution is 7.71. The Morgan fingerprint density at radius 2 is 2.27 bits per heavy atom. The van der Waals surface area contributed by atoms with Crippen LogP contribution in [0.5, 0.6) is 0 Å². The van der Waals surface area contributed by atoms with Crippen LogP contribution in [0.3, 0.4) is 0 Å². The molecule has 0 saturated carbocycles. The monoisotopic (exact) mass is 242 g/mol. The standard InChI is InChI=1S/C10H8ClFN2S/c1-2-7-13-9-6(12)4-3-5(11)8(9)10(15)14-7/h3-4H,2H2,1H3,(H,13,14,15). The summed E-state index contributed by atoms with van der Waals surface area (Å²) in [7, 11) is 0. The minimum Gasteiger partial charge on any atom is -0.341 e. The molecule has 2 nitrogen and oxygen atoms in total. The zero-order valence-electron chi connectivity index (χ0n) is 7.97. The number of nitrogens with one attached hydrogen (secondary N) is 1. The number of hydrogen-bond acceptors (Lipinski definition) is 2. The maximum atomic E-state index is 13.5. The summed E-state index contributed by atoms with van der Waals surface area (Å²) in [6, 6.07) is 2.80. The molecule has 1 heterocycles. The Morgan fingerprint density at radius 1 is 1.53 bits per heavy atom. The van der Waals surface area contributed by atoms with E-state index in [0.29, 0.717) is 32.8 Å². The second-order valence-electron chi connectivity index (χ2n) is 3.12. The first-order valence-electron chi connectivity index (χ1n) is 4.50. The molecule has 1 aromatic carbocycles. The van der Waals surface area contributed by atoms with Crippen molar-refractivity contribution in [2.75, 3.05) is 0 Å². The van der Waals surface area contributed by atoms with Gasteiger partial charge in [-0.3, -0.25) is 0 Å². The predicted molar refractivity (Wildman–Crippen MR) is 61.3 cm³/mol. The van der Waals surface area contributed by atoms with Crippen LogP contribution in [0.25, 0.3) is 10.9 Å². The van der Waals surface area contributed by atoms with Crippen molar-refractivity contribution in [2.45, 2.75) is 13.3 Å². The van der Waals surface area contributed by atoms with Crippen molar-refractivity contribution in [1.82, 2.24) is 9.97 Å². The van der Waals surface area contributed by atoms with E-state index in [-0.39, 0.29) is 5.82 Å². The van der Waals surface area contributed by atoms with Gasteiger partial charge in [-0.15, -0.1) is 0 Å². The number of rotatable bonds is 1. The van der Waals surface area contributed by atoms with Gasteiger partial charge >= 0.3 is 0 Å². The van der Waals surface area contributed by atoms with Crippen LogP contribution >= 0.6 is 23.8 Å². The minimum absolute atomic E-state index is 0.333. The minimum atomic E-state index is -0.363. The van der Waals surface area contributed by atoms with Crippen LogP contribution in [0.15, 0.2) is 12.1 Å². The van der Waals surface area contributed by atoms with Crippen molar-refractivity contribution < 1.29 is 4.39 Å². The smallest absolute Gasteiger partial charge is 0.147 e. The van der Waals surface area contributed by atoms with Crippen LogP contribution in [0.1, 0.15) is 12.7 Å². The first-order valence-corrected chi connectivity index (χ1v) is 5.29. The van der Waals surface area contributed by atoms with Crippen molar-refractivity contribution in [3.8, 4) is 0 Å². The summed E-state index contributed by atoms with van der Waals surface area (Å²) in [6.45, 7) is 1.92. The van der Waals surface area contributed by atoms with Crippen LogP contribution < -0.4 is 0 Å². The average molecular weight is 243 g/mol. The summed E-state index contributed by atoms with van der Waals surface area (Å²) in [5.41, 5.74) is 0.333. The van der Waals surface area contributed by atoms with Crippen molar-refractivity contribution >= 4 is 34.7 Å². The number of halogens is 2. The Hall–Kier alpha value is -1.00. The van der Waals surface area contributed by atoms with E-state index in [4.69, 9.17) is 23.8 Å². The summed E-state index contributed by atoms with van der Waals surface area (Å²) in [5, 5.41) is 0.895. The molecular weight excluding hydrogens is 235 g/mol. The molecule has 0 aliphatic rings. The summed E-state index contributed by atoms with van der Waals surface area (Å²) in [6.07, 6.45) is 0.672. The highest BCUT2D eigenvalue weighted by Gasteiger charge is 2.08. The third kappa shape index (κ3) is 1.75. The second-order valence-corrected chi connectivity index (χ2v) is 3.92. The number of aromatic amines is 1. The molecule has 0 radical (unpaired) electrons. The van der Waals surface area contributed by atoms with Gasteiger partial charge in [0.15, 0.2) is 0 Å². The molecule has 1 N–H and O–H groups in total. The van der Waals surface area contributed by atoms with Gasteiger partial charge in [-0.1, -0.05) is 30.7 Å². The van der Waals surface area contributed by atoms with Gasteiger partial charge in [0, 0.05) is 6.42 Å². The molecule has 0 spiro atoms. The molecule has 0 amide bonds. The summed E-state index contributed by atoms with van der Waals surface area (Å²) in [4.78, 5) is 7.02. The molecule has 5 heteroatoms. The fraction of sp³-hybridized carbons (Fsp3) is 0.200. The topological polar surface area (TPSA) is 28.7 Å². The molecular formula is C10H8ClFN2S. The van der Waals surface area contributed by atoms with E-state index in [1.54, 1.807) is 0 Å². The zero-order valence-corrected chi connectivity index (χ0v) is 9.55. The van der Waals surface area contributed by atoms with Gasteiger partial charge in [0.05, 0.1) is 15.9 Å². The molecule has 0 bridgehead atoms. The van der Waals surface area contributed by atoms with Gasteiger partial charge in [0.25, 0.3) is 0 Å². The van der Waals surface area contributed by atoms with Crippen molar-refractivity contribution in [3.05, 3.63) is 33.4 Å². The van der Waals surface area contributed by atoms with E-state index < -0.39 is 0 Å². The Morgan fingerprint density at radius 3 is 2.93 bits per heavy atom. The zero-order chi connectivity index (χ0) is 11.0. The molecule has 0 unspecified atom stereocenters. The van der Waals surface area contributed by atoms with E-state index >= 15 is 0 Å². The maximum absolute atomic E-state index is 13.5. The van der Waals surface area contributed by atoms with Gasteiger partial charge in [-0.2, -0.15) is 0 Å². The molecule has 0 saturated heterocycles. The van der Waals surface area contributed by atoms with Crippen LogP contribution in [0.4, 0.5) is 4.39 Å². The van der Waals surface area contributed by atoms with Crippen LogP contribution in [-0.2, 0) is 6.42 Å². The third-order valence-electron chi connectivity index (χ3n) is 2.16. The fourth-order valence-electron chi connectivity index (χ4n) is 1.40. The lowest BCUT2D eigenvalue weighted by Gasteiger charge is -2.04. The molecule has 1 aromatic heterocycles. The lowest BCUT2D eigenvalue weighted by Crippen LogP contribution is -1.96. The molecule has 2 rings (SSSR count). The van der Waals surface area contributed by atoms with Crippen molar-refractivity contribution in [3.63, 3.8) is 0 Å². The molecule has 0 aliphatic carbocycles. The molecule has 78 valence electrons. The molecule has 0 fully saturated rings. The van der Waals surface area contributed by atoms with Crippen LogP contribution in [-0.4, -0.2) is 9.97 Å². The van der Waals surface area contributed by atoms with E-state index in [1.165, 1.54) is 12.1 Å². The van der Waals surface area contributed by atoms with Crippen molar-refractivity contribution in [1.29, 1.82) is 0 Å². The van der Waals surface area contributed by atoms with Gasteiger partial charge in [0.2, 0.25) is 0 Å². The fourth-order valence-corrected chi connectivity index (χ4v) is 2.03. The van der Waals surface area contributed by atoms with E-state index in [0.717, 1.165) is 0 Å². The second kappa shape index (κ2) is 3.87. The predicted octanol–water partition coefficient (Wildman–Crippen LogP) is 3.65. The Labute approximate surface area is 96.1 Å². The number of H-pyrrole nitrogens is 1.